The number of piperidine rings is 1. The van der Waals surface area contributed by atoms with Gasteiger partial charge in [0.05, 0.1) is 0 Å². The van der Waals surface area contributed by atoms with Gasteiger partial charge in [-0.1, -0.05) is 30.3 Å². The third-order valence-corrected chi connectivity index (χ3v) is 4.47. The Labute approximate surface area is 141 Å². The highest BCUT2D eigenvalue weighted by molar-refractivity contribution is 5.79. The summed E-state index contributed by atoms with van der Waals surface area (Å²) in [7, 11) is 2.21. The van der Waals surface area contributed by atoms with Gasteiger partial charge in [0.25, 0.3) is 0 Å². The van der Waals surface area contributed by atoms with Crippen LogP contribution >= 0.6 is 0 Å². The standard InChI is InChI=1S/C19H32N4/c1-3-20-19(22-16-18-11-14-23(2)15-12-18)21-13-7-10-17-8-5-4-6-9-17/h4-6,8-9,18H,3,7,10-16H2,1-2H3,(H2,20,21,22). The first-order valence-electron chi connectivity index (χ1n) is 9.02. The highest BCUT2D eigenvalue weighted by atomic mass is 15.2. The first-order chi connectivity index (χ1) is 11.3. The minimum atomic E-state index is 0.742. The number of guanidine groups is 1. The monoisotopic (exact) mass is 316 g/mol. The Morgan fingerprint density at radius 3 is 2.61 bits per heavy atom. The van der Waals surface area contributed by atoms with E-state index in [0.29, 0.717) is 0 Å². The summed E-state index contributed by atoms with van der Waals surface area (Å²) < 4.78 is 0. The van der Waals surface area contributed by atoms with Gasteiger partial charge in [-0.05, 0) is 64.2 Å². The van der Waals surface area contributed by atoms with Gasteiger partial charge in [-0.2, -0.15) is 0 Å². The van der Waals surface area contributed by atoms with Crippen LogP contribution in [0.5, 0.6) is 0 Å². The Hall–Kier alpha value is -1.55. The van der Waals surface area contributed by atoms with E-state index in [1.165, 1.54) is 31.5 Å². The summed E-state index contributed by atoms with van der Waals surface area (Å²) in [5, 5.41) is 6.83. The Balaban J connectivity index is 1.69. The molecule has 0 bridgehead atoms. The van der Waals surface area contributed by atoms with E-state index in [1.54, 1.807) is 0 Å². The van der Waals surface area contributed by atoms with E-state index in [0.717, 1.165) is 44.4 Å². The second kappa shape index (κ2) is 10.3. The number of nitrogens with zero attached hydrogens (tertiary/aromatic N) is 2. The van der Waals surface area contributed by atoms with E-state index in [-0.39, 0.29) is 0 Å². The summed E-state index contributed by atoms with van der Waals surface area (Å²) >= 11 is 0. The van der Waals surface area contributed by atoms with Crippen LogP contribution in [0.25, 0.3) is 0 Å². The van der Waals surface area contributed by atoms with E-state index in [2.05, 4.69) is 59.8 Å². The van der Waals surface area contributed by atoms with Gasteiger partial charge < -0.3 is 15.5 Å². The van der Waals surface area contributed by atoms with E-state index in [1.807, 2.05) is 0 Å². The highest BCUT2D eigenvalue weighted by Gasteiger charge is 2.16. The molecule has 0 amide bonds. The maximum absolute atomic E-state index is 4.78. The van der Waals surface area contributed by atoms with Crippen LogP contribution in [0.1, 0.15) is 31.7 Å². The lowest BCUT2D eigenvalue weighted by molar-refractivity contribution is 0.223. The third-order valence-electron chi connectivity index (χ3n) is 4.47. The molecule has 0 unspecified atom stereocenters. The molecule has 0 aliphatic carbocycles. The smallest absolute Gasteiger partial charge is 0.191 e. The Morgan fingerprint density at radius 1 is 1.17 bits per heavy atom. The quantitative estimate of drug-likeness (QED) is 0.461. The zero-order valence-electron chi connectivity index (χ0n) is 14.7. The fraction of sp³-hybridized carbons (Fsp3) is 0.632. The molecule has 23 heavy (non-hydrogen) atoms. The number of hydrogen-bond donors (Lipinski definition) is 2. The van der Waals surface area contributed by atoms with Gasteiger partial charge in [0.15, 0.2) is 5.96 Å². The molecule has 0 spiro atoms. The summed E-state index contributed by atoms with van der Waals surface area (Å²) in [5.74, 6) is 1.71. The Kier molecular flexibility index (Phi) is 7.95. The molecule has 2 N–H and O–H groups in total. The van der Waals surface area contributed by atoms with Crippen molar-refractivity contribution in [3.63, 3.8) is 0 Å². The van der Waals surface area contributed by atoms with Gasteiger partial charge >= 0.3 is 0 Å². The normalized spacial score (nSPS) is 17.2. The molecule has 1 heterocycles. The Morgan fingerprint density at radius 2 is 1.91 bits per heavy atom. The van der Waals surface area contributed by atoms with Crippen molar-refractivity contribution in [2.75, 3.05) is 39.8 Å². The largest absolute Gasteiger partial charge is 0.357 e. The van der Waals surface area contributed by atoms with Crippen molar-refractivity contribution >= 4 is 5.96 Å². The molecule has 1 aliphatic heterocycles. The van der Waals surface area contributed by atoms with Gasteiger partial charge in [-0.15, -0.1) is 0 Å². The van der Waals surface area contributed by atoms with Crippen molar-refractivity contribution in [1.29, 1.82) is 0 Å². The first-order valence-corrected chi connectivity index (χ1v) is 9.02. The van der Waals surface area contributed by atoms with E-state index in [9.17, 15) is 0 Å². The van der Waals surface area contributed by atoms with E-state index >= 15 is 0 Å². The minimum absolute atomic E-state index is 0.742. The first kappa shape index (κ1) is 17.8. The fourth-order valence-corrected chi connectivity index (χ4v) is 2.95. The summed E-state index contributed by atoms with van der Waals surface area (Å²) in [6.07, 6.45) is 4.78. The number of aryl methyl sites for hydroxylation is 1. The predicted octanol–water partition coefficient (Wildman–Crippen LogP) is 2.52. The van der Waals surface area contributed by atoms with Gasteiger partial charge in [-0.3, -0.25) is 4.99 Å². The Bertz CT molecular complexity index is 450. The number of hydrogen-bond acceptors (Lipinski definition) is 2. The van der Waals surface area contributed by atoms with Crippen molar-refractivity contribution in [2.45, 2.75) is 32.6 Å². The molecular formula is C19H32N4. The summed E-state index contributed by atoms with van der Waals surface area (Å²) in [4.78, 5) is 7.19. The second-order valence-electron chi connectivity index (χ2n) is 6.48. The van der Waals surface area contributed by atoms with Crippen molar-refractivity contribution < 1.29 is 0 Å². The van der Waals surface area contributed by atoms with Crippen LogP contribution in [0.3, 0.4) is 0 Å². The van der Waals surface area contributed by atoms with E-state index in [4.69, 9.17) is 4.99 Å². The number of aliphatic imine (C=N–C) groups is 1. The molecule has 4 nitrogen and oxygen atoms in total. The van der Waals surface area contributed by atoms with Crippen LogP contribution in [-0.2, 0) is 6.42 Å². The van der Waals surface area contributed by atoms with Crippen LogP contribution < -0.4 is 10.6 Å². The van der Waals surface area contributed by atoms with Crippen LogP contribution in [0.2, 0.25) is 0 Å². The number of benzene rings is 1. The van der Waals surface area contributed by atoms with Crippen LogP contribution in [0, 0.1) is 5.92 Å². The fourth-order valence-electron chi connectivity index (χ4n) is 2.95. The number of rotatable bonds is 7. The summed E-state index contributed by atoms with van der Waals surface area (Å²) in [5.41, 5.74) is 1.41. The zero-order chi connectivity index (χ0) is 16.3. The average Bonchev–Trinajstić information content (AvgIpc) is 2.59. The molecule has 1 aromatic carbocycles. The maximum Gasteiger partial charge on any atom is 0.191 e. The summed E-state index contributed by atoms with van der Waals surface area (Å²) in [6, 6.07) is 10.7. The molecule has 1 fully saturated rings. The average molecular weight is 316 g/mol. The molecule has 0 aromatic heterocycles. The number of likely N-dealkylation sites (tertiary alicyclic amines) is 1. The number of nitrogens with one attached hydrogen (secondary N) is 2. The lowest BCUT2D eigenvalue weighted by atomic mass is 9.97. The molecule has 0 radical (unpaired) electrons. The molecule has 1 aliphatic rings. The van der Waals surface area contributed by atoms with Gasteiger partial charge in [-0.25, -0.2) is 0 Å². The molecule has 2 rings (SSSR count). The molecular weight excluding hydrogens is 284 g/mol. The van der Waals surface area contributed by atoms with Crippen LogP contribution in [0.4, 0.5) is 0 Å². The summed E-state index contributed by atoms with van der Waals surface area (Å²) in [6.45, 7) is 7.37. The maximum atomic E-state index is 4.78. The third kappa shape index (κ3) is 7.04. The van der Waals surface area contributed by atoms with E-state index < -0.39 is 0 Å². The molecule has 4 heteroatoms. The lowest BCUT2D eigenvalue weighted by Gasteiger charge is -2.28. The predicted molar refractivity (Wildman–Crippen MR) is 99.0 cm³/mol. The SMILES string of the molecule is CCNC(=NCC1CCN(C)CC1)NCCCc1ccccc1. The van der Waals surface area contributed by atoms with Gasteiger partial charge in [0, 0.05) is 19.6 Å². The molecule has 1 saturated heterocycles. The van der Waals surface area contributed by atoms with Crippen LogP contribution in [0.15, 0.2) is 35.3 Å². The van der Waals surface area contributed by atoms with Crippen molar-refractivity contribution in [2.24, 2.45) is 10.9 Å². The van der Waals surface area contributed by atoms with Gasteiger partial charge in [0.2, 0.25) is 0 Å². The minimum Gasteiger partial charge on any atom is -0.357 e. The molecule has 0 atom stereocenters. The topological polar surface area (TPSA) is 39.7 Å². The van der Waals surface area contributed by atoms with Crippen molar-refractivity contribution in [3.05, 3.63) is 35.9 Å². The molecule has 0 saturated carbocycles. The van der Waals surface area contributed by atoms with Crippen molar-refractivity contribution in [3.8, 4) is 0 Å². The van der Waals surface area contributed by atoms with Crippen LogP contribution in [-0.4, -0.2) is 50.6 Å². The highest BCUT2D eigenvalue weighted by Crippen LogP contribution is 2.15. The zero-order valence-corrected chi connectivity index (χ0v) is 14.7. The van der Waals surface area contributed by atoms with Gasteiger partial charge in [0.1, 0.15) is 0 Å². The van der Waals surface area contributed by atoms with Crippen molar-refractivity contribution in [1.82, 2.24) is 15.5 Å². The lowest BCUT2D eigenvalue weighted by Crippen LogP contribution is -2.39. The molecule has 1 aromatic rings. The molecule has 128 valence electrons. The second-order valence-corrected chi connectivity index (χ2v) is 6.48.